The maximum atomic E-state index is 12.4. The molecule has 3 nitrogen and oxygen atoms in total. The molecule has 2 atom stereocenters. The predicted octanol–water partition coefficient (Wildman–Crippen LogP) is 3.26. The summed E-state index contributed by atoms with van der Waals surface area (Å²) in [6.07, 6.45) is 0. The summed E-state index contributed by atoms with van der Waals surface area (Å²) in [4.78, 5) is 12.2. The number of carbonyl (C=O) groups is 1. The van der Waals surface area contributed by atoms with Crippen molar-refractivity contribution in [2.45, 2.75) is 38.3 Å². The summed E-state index contributed by atoms with van der Waals surface area (Å²) in [5, 5.41) is 2.36. The number of benzene rings is 2. The molecule has 0 spiro atoms. The second-order valence-electron chi connectivity index (χ2n) is 5.80. The summed E-state index contributed by atoms with van der Waals surface area (Å²) in [6.45, 7) is 6.21. The van der Waals surface area contributed by atoms with Gasteiger partial charge >= 0.3 is 0 Å². The van der Waals surface area contributed by atoms with Crippen molar-refractivity contribution in [2.24, 2.45) is 0 Å². The van der Waals surface area contributed by atoms with Crippen molar-refractivity contribution in [1.82, 2.24) is 5.32 Å². The van der Waals surface area contributed by atoms with Gasteiger partial charge in [-0.25, -0.2) is 0 Å². The number of aryl methyl sites for hydroxylation is 2. The molecule has 0 heterocycles. The van der Waals surface area contributed by atoms with Crippen molar-refractivity contribution in [1.29, 1.82) is 0 Å². The molecule has 2 aromatic rings. The van der Waals surface area contributed by atoms with Crippen molar-refractivity contribution in [2.75, 3.05) is 0 Å². The minimum absolute atomic E-state index is 0.167. The van der Waals surface area contributed by atoms with Gasteiger partial charge in [-0.3, -0.25) is 9.00 Å². The van der Waals surface area contributed by atoms with Crippen LogP contribution in [0.2, 0.25) is 0 Å². The summed E-state index contributed by atoms with van der Waals surface area (Å²) < 4.78 is 12.4. The highest BCUT2D eigenvalue weighted by Crippen LogP contribution is 2.11. The molecule has 2 aromatic carbocycles. The molecule has 0 saturated heterocycles. The van der Waals surface area contributed by atoms with Gasteiger partial charge in [0.05, 0.1) is 0 Å². The Balaban J connectivity index is 1.91. The van der Waals surface area contributed by atoms with Gasteiger partial charge in [0.25, 0.3) is 0 Å². The fourth-order valence-corrected chi connectivity index (χ4v) is 3.43. The average Bonchev–Trinajstić information content (AvgIpc) is 2.53. The molecule has 0 bridgehead atoms. The largest absolute Gasteiger partial charge is 0.351 e. The lowest BCUT2D eigenvalue weighted by Crippen LogP contribution is -2.35. The third-order valence-corrected chi connectivity index (χ3v) is 5.49. The first-order valence-electron chi connectivity index (χ1n) is 7.72. The van der Waals surface area contributed by atoms with Gasteiger partial charge in [-0.1, -0.05) is 54.1 Å². The van der Waals surface area contributed by atoms with Gasteiger partial charge in [0, 0.05) is 23.1 Å². The van der Waals surface area contributed by atoms with E-state index in [1.807, 2.05) is 62.4 Å². The van der Waals surface area contributed by atoms with Crippen LogP contribution in [0, 0.1) is 13.8 Å². The number of rotatable bonds is 6. The number of carbonyl (C=O) groups excluding carboxylic acids is 1. The third-order valence-electron chi connectivity index (χ3n) is 3.87. The minimum Gasteiger partial charge on any atom is -0.351 e. The van der Waals surface area contributed by atoms with E-state index in [4.69, 9.17) is 0 Å². The number of hydrogen-bond donors (Lipinski definition) is 1. The topological polar surface area (TPSA) is 46.2 Å². The van der Waals surface area contributed by atoms with Crippen molar-refractivity contribution in [3.8, 4) is 0 Å². The van der Waals surface area contributed by atoms with Gasteiger partial charge in [0.2, 0.25) is 5.91 Å². The van der Waals surface area contributed by atoms with Crippen molar-refractivity contribution in [3.05, 3.63) is 70.8 Å². The Kier molecular flexibility index (Phi) is 6.11. The van der Waals surface area contributed by atoms with E-state index >= 15 is 0 Å². The van der Waals surface area contributed by atoms with Crippen molar-refractivity contribution >= 4 is 16.7 Å². The van der Waals surface area contributed by atoms with Crippen LogP contribution in [0.1, 0.15) is 29.2 Å². The molecule has 0 aliphatic heterocycles. The highest BCUT2D eigenvalue weighted by atomic mass is 32.2. The van der Waals surface area contributed by atoms with Crippen LogP contribution in [0.4, 0.5) is 0 Å². The van der Waals surface area contributed by atoms with E-state index in [1.54, 1.807) is 6.92 Å². The van der Waals surface area contributed by atoms with E-state index in [-0.39, 0.29) is 5.91 Å². The van der Waals surface area contributed by atoms with E-state index in [2.05, 4.69) is 5.32 Å². The van der Waals surface area contributed by atoms with Gasteiger partial charge < -0.3 is 5.32 Å². The van der Waals surface area contributed by atoms with Gasteiger partial charge in [-0.15, -0.1) is 0 Å². The molecule has 0 aliphatic rings. The number of hydrogen-bond acceptors (Lipinski definition) is 2. The molecular weight excluding hydrogens is 306 g/mol. The summed E-state index contributed by atoms with van der Waals surface area (Å²) in [5.41, 5.74) is 4.36. The molecule has 0 fully saturated rings. The van der Waals surface area contributed by atoms with E-state index in [1.165, 1.54) is 0 Å². The van der Waals surface area contributed by atoms with Crippen molar-refractivity contribution < 1.29 is 9.00 Å². The molecule has 1 amide bonds. The highest BCUT2D eigenvalue weighted by molar-refractivity contribution is 7.85. The second kappa shape index (κ2) is 8.06. The van der Waals surface area contributed by atoms with E-state index in [0.29, 0.717) is 12.3 Å². The van der Waals surface area contributed by atoms with Crippen LogP contribution in [-0.4, -0.2) is 15.4 Å². The molecule has 0 radical (unpaired) electrons. The molecule has 2 unspecified atom stereocenters. The van der Waals surface area contributed by atoms with Crippen LogP contribution in [0.15, 0.2) is 48.5 Å². The average molecular weight is 329 g/mol. The maximum Gasteiger partial charge on any atom is 0.235 e. The zero-order valence-electron chi connectivity index (χ0n) is 13.8. The smallest absolute Gasteiger partial charge is 0.235 e. The molecule has 1 N–H and O–H groups in total. The molecule has 4 heteroatoms. The Labute approximate surface area is 140 Å². The lowest BCUT2D eigenvalue weighted by molar-refractivity contribution is -0.120. The minimum atomic E-state index is -1.23. The summed E-state index contributed by atoms with van der Waals surface area (Å²) in [5.74, 6) is 0.236. The molecule has 23 heavy (non-hydrogen) atoms. The van der Waals surface area contributed by atoms with Crippen LogP contribution >= 0.6 is 0 Å². The standard InChI is InChI=1S/C19H23NO2S/c1-14-7-6-9-17(11-14)13-23(22)16(3)19(21)20-12-18-10-5-4-8-15(18)2/h4-11,16H,12-13H2,1-3H3,(H,20,21). The van der Waals surface area contributed by atoms with Crippen molar-refractivity contribution in [3.63, 3.8) is 0 Å². The summed E-state index contributed by atoms with van der Waals surface area (Å²) in [7, 11) is -1.23. The van der Waals surface area contributed by atoms with Gasteiger partial charge in [0.15, 0.2) is 0 Å². The van der Waals surface area contributed by atoms with E-state index in [0.717, 1.165) is 22.3 Å². The predicted molar refractivity (Wildman–Crippen MR) is 95.5 cm³/mol. The third kappa shape index (κ3) is 5.03. The Morgan fingerprint density at radius 1 is 1.13 bits per heavy atom. The van der Waals surface area contributed by atoms with Crippen LogP contribution in [-0.2, 0) is 27.9 Å². The monoisotopic (exact) mass is 329 g/mol. The quantitative estimate of drug-likeness (QED) is 0.884. The fraction of sp³-hybridized carbons (Fsp3) is 0.316. The first-order valence-corrected chi connectivity index (χ1v) is 9.10. The Hall–Kier alpha value is -1.94. The Bertz CT molecular complexity index is 712. The second-order valence-corrected chi connectivity index (χ2v) is 7.56. The van der Waals surface area contributed by atoms with Crippen LogP contribution in [0.5, 0.6) is 0 Å². The van der Waals surface area contributed by atoms with Crippen LogP contribution in [0.25, 0.3) is 0 Å². The molecule has 2 rings (SSSR count). The lowest BCUT2D eigenvalue weighted by Gasteiger charge is -2.13. The summed E-state index contributed by atoms with van der Waals surface area (Å²) >= 11 is 0. The normalized spacial score (nSPS) is 13.3. The summed E-state index contributed by atoms with van der Waals surface area (Å²) in [6, 6.07) is 15.8. The Morgan fingerprint density at radius 3 is 2.57 bits per heavy atom. The first kappa shape index (κ1) is 17.4. The zero-order chi connectivity index (χ0) is 16.8. The molecule has 122 valence electrons. The molecule has 0 aromatic heterocycles. The Morgan fingerprint density at radius 2 is 1.87 bits per heavy atom. The fourth-order valence-electron chi connectivity index (χ4n) is 2.35. The number of amides is 1. The SMILES string of the molecule is Cc1cccc(CS(=O)C(C)C(=O)NCc2ccccc2C)c1. The first-order chi connectivity index (χ1) is 11.0. The molecule has 0 aliphatic carbocycles. The van der Waals surface area contributed by atoms with E-state index in [9.17, 15) is 9.00 Å². The van der Waals surface area contributed by atoms with Gasteiger partial charge in [-0.2, -0.15) is 0 Å². The molecular formula is C19H23NO2S. The van der Waals surface area contributed by atoms with Crippen LogP contribution in [0.3, 0.4) is 0 Å². The van der Waals surface area contributed by atoms with Gasteiger partial charge in [-0.05, 0) is 37.5 Å². The van der Waals surface area contributed by atoms with Crippen LogP contribution < -0.4 is 5.32 Å². The van der Waals surface area contributed by atoms with Gasteiger partial charge in [0.1, 0.15) is 5.25 Å². The zero-order valence-corrected chi connectivity index (χ0v) is 14.7. The molecule has 0 saturated carbocycles. The van der Waals surface area contributed by atoms with E-state index < -0.39 is 16.0 Å². The lowest BCUT2D eigenvalue weighted by atomic mass is 10.1. The number of nitrogens with one attached hydrogen (secondary N) is 1. The maximum absolute atomic E-state index is 12.4. The highest BCUT2D eigenvalue weighted by Gasteiger charge is 2.20.